The Morgan fingerprint density at radius 2 is 1.87 bits per heavy atom. The minimum absolute atomic E-state index is 0.0264. The van der Waals surface area contributed by atoms with Crippen LogP contribution >= 0.6 is 11.6 Å². The van der Waals surface area contributed by atoms with Crippen LogP contribution in [0.3, 0.4) is 0 Å². The van der Waals surface area contributed by atoms with E-state index in [1.807, 2.05) is 42.9 Å². The number of carbonyl (C=O) groups excluding carboxylic acids is 1. The number of nitrogens with one attached hydrogen (secondary N) is 1. The predicted molar refractivity (Wildman–Crippen MR) is 115 cm³/mol. The molecule has 1 aliphatic heterocycles. The Labute approximate surface area is 181 Å². The van der Waals surface area contributed by atoms with Gasteiger partial charge < -0.3 is 19.4 Å². The lowest BCUT2D eigenvalue weighted by molar-refractivity contribution is -0.0440. The van der Waals surface area contributed by atoms with Gasteiger partial charge in [-0.3, -0.25) is 4.79 Å². The maximum atomic E-state index is 12.7. The van der Waals surface area contributed by atoms with Gasteiger partial charge in [-0.15, -0.1) is 0 Å². The average molecular weight is 456 g/mol. The number of halogens is 1. The van der Waals surface area contributed by atoms with E-state index in [0.717, 1.165) is 0 Å². The summed E-state index contributed by atoms with van der Waals surface area (Å²) >= 11 is 6.36. The molecule has 2 atom stereocenters. The minimum Gasteiger partial charge on any atom is -0.496 e. The molecule has 10 heteroatoms. The predicted octanol–water partition coefficient (Wildman–Crippen LogP) is 2.31. The molecule has 1 aromatic carbocycles. The van der Waals surface area contributed by atoms with Gasteiger partial charge in [-0.1, -0.05) is 11.6 Å². The first-order chi connectivity index (χ1) is 14.2. The summed E-state index contributed by atoms with van der Waals surface area (Å²) in [6.07, 6.45) is 3.34. The quantitative estimate of drug-likeness (QED) is 0.692. The summed E-state index contributed by atoms with van der Waals surface area (Å²) in [6, 6.07) is 6.91. The second-order valence-electron chi connectivity index (χ2n) is 7.24. The molecular weight excluding hydrogens is 430 g/mol. The molecule has 2 unspecified atom stereocenters. The Bertz CT molecular complexity index is 984. The van der Waals surface area contributed by atoms with Crippen molar-refractivity contribution in [1.29, 1.82) is 0 Å². The molecule has 30 heavy (non-hydrogen) atoms. The summed E-state index contributed by atoms with van der Waals surface area (Å²) in [6.45, 7) is 4.28. The number of ether oxygens (including phenoxy) is 2. The molecular formula is C20H26ClN3O5S. The summed E-state index contributed by atoms with van der Waals surface area (Å²) in [7, 11) is -2.05. The van der Waals surface area contributed by atoms with Crippen LogP contribution < -0.4 is 10.1 Å². The van der Waals surface area contributed by atoms with Gasteiger partial charge in [0.25, 0.3) is 5.91 Å². The van der Waals surface area contributed by atoms with E-state index in [-0.39, 0.29) is 30.1 Å². The Morgan fingerprint density at radius 3 is 2.47 bits per heavy atom. The molecule has 3 rings (SSSR count). The number of benzene rings is 1. The fourth-order valence-corrected chi connectivity index (χ4v) is 5.21. The van der Waals surface area contributed by atoms with Gasteiger partial charge >= 0.3 is 0 Å². The maximum absolute atomic E-state index is 12.7. The van der Waals surface area contributed by atoms with Crippen LogP contribution in [0, 0.1) is 0 Å². The normalized spacial score (nSPS) is 20.1. The van der Waals surface area contributed by atoms with Gasteiger partial charge in [-0.05, 0) is 32.0 Å². The average Bonchev–Trinajstić information content (AvgIpc) is 3.21. The fourth-order valence-electron chi connectivity index (χ4n) is 3.46. The molecule has 164 valence electrons. The number of sulfonamides is 1. The third kappa shape index (κ3) is 5.15. The van der Waals surface area contributed by atoms with Gasteiger partial charge in [0.2, 0.25) is 10.0 Å². The first-order valence-electron chi connectivity index (χ1n) is 9.63. The number of carbonyl (C=O) groups is 1. The van der Waals surface area contributed by atoms with E-state index < -0.39 is 15.9 Å². The highest BCUT2D eigenvalue weighted by atomic mass is 35.5. The van der Waals surface area contributed by atoms with Crippen molar-refractivity contribution >= 4 is 27.5 Å². The van der Waals surface area contributed by atoms with E-state index in [4.69, 9.17) is 21.1 Å². The summed E-state index contributed by atoms with van der Waals surface area (Å²) in [5.41, 5.74) is 0.914. The van der Waals surface area contributed by atoms with Crippen LogP contribution in [0.4, 0.5) is 0 Å². The van der Waals surface area contributed by atoms with E-state index >= 15 is 0 Å². The molecule has 1 aliphatic rings. The van der Waals surface area contributed by atoms with Crippen molar-refractivity contribution in [2.24, 2.45) is 0 Å². The Hall–Kier alpha value is -2.07. The van der Waals surface area contributed by atoms with Crippen molar-refractivity contribution < 1.29 is 22.7 Å². The monoisotopic (exact) mass is 455 g/mol. The van der Waals surface area contributed by atoms with Gasteiger partial charge in [0, 0.05) is 38.1 Å². The second kappa shape index (κ2) is 9.38. The summed E-state index contributed by atoms with van der Waals surface area (Å²) < 4.78 is 39.4. The van der Waals surface area contributed by atoms with Gasteiger partial charge in [0.15, 0.2) is 0 Å². The lowest BCUT2D eigenvalue weighted by Crippen LogP contribution is -2.49. The van der Waals surface area contributed by atoms with E-state index in [9.17, 15) is 13.2 Å². The van der Waals surface area contributed by atoms with Crippen molar-refractivity contribution in [3.63, 3.8) is 0 Å². The molecule has 1 aromatic heterocycles. The van der Waals surface area contributed by atoms with E-state index in [2.05, 4.69) is 5.32 Å². The molecule has 2 heterocycles. The number of rotatable bonds is 7. The summed E-state index contributed by atoms with van der Waals surface area (Å²) in [5, 5.41) is 3.03. The lowest BCUT2D eigenvalue weighted by Gasteiger charge is -2.34. The second-order valence-corrected chi connectivity index (χ2v) is 9.74. The third-order valence-electron chi connectivity index (χ3n) is 4.82. The standard InChI is InChI=1S/C20H26ClN3O5S/c1-14-12-24(13-15(2)29-14)30(26,27)9-6-22-20(25)16-10-17(21)18(11-19(16)28-3)23-7-4-5-8-23/h4-5,7-8,10-11,14-15H,6,9,12-13H2,1-3H3,(H,22,25). The van der Waals surface area contributed by atoms with E-state index in [0.29, 0.717) is 29.5 Å². The number of methoxy groups -OCH3 is 1. The van der Waals surface area contributed by atoms with Crippen LogP contribution in [0.25, 0.3) is 5.69 Å². The highest BCUT2D eigenvalue weighted by molar-refractivity contribution is 7.89. The zero-order valence-electron chi connectivity index (χ0n) is 17.2. The van der Waals surface area contributed by atoms with Crippen LogP contribution in [0.5, 0.6) is 5.75 Å². The molecule has 1 saturated heterocycles. The number of morpholine rings is 1. The smallest absolute Gasteiger partial charge is 0.255 e. The first-order valence-corrected chi connectivity index (χ1v) is 11.6. The molecule has 8 nitrogen and oxygen atoms in total. The molecule has 2 aromatic rings. The van der Waals surface area contributed by atoms with Crippen molar-refractivity contribution in [1.82, 2.24) is 14.2 Å². The van der Waals surface area contributed by atoms with E-state index in [1.54, 1.807) is 6.07 Å². The summed E-state index contributed by atoms with van der Waals surface area (Å²) in [4.78, 5) is 12.7. The van der Waals surface area contributed by atoms with E-state index in [1.165, 1.54) is 17.5 Å². The topological polar surface area (TPSA) is 89.9 Å². The highest BCUT2D eigenvalue weighted by Gasteiger charge is 2.30. The number of hydrogen-bond acceptors (Lipinski definition) is 5. The van der Waals surface area contributed by atoms with Crippen LogP contribution in [-0.4, -0.2) is 67.9 Å². The van der Waals surface area contributed by atoms with Crippen LogP contribution in [0.1, 0.15) is 24.2 Å². The van der Waals surface area contributed by atoms with Crippen molar-refractivity contribution in [2.75, 3.05) is 32.5 Å². The SMILES string of the molecule is COc1cc(-n2cccc2)c(Cl)cc1C(=O)NCCS(=O)(=O)N1CC(C)OC(C)C1. The molecule has 0 spiro atoms. The largest absolute Gasteiger partial charge is 0.496 e. The van der Waals surface area contributed by atoms with Crippen molar-refractivity contribution in [3.05, 3.63) is 47.2 Å². The number of nitrogens with zero attached hydrogens (tertiary/aromatic N) is 2. The van der Waals surface area contributed by atoms with Gasteiger partial charge in [-0.25, -0.2) is 8.42 Å². The Balaban J connectivity index is 1.67. The third-order valence-corrected chi connectivity index (χ3v) is 6.93. The zero-order chi connectivity index (χ0) is 21.9. The Morgan fingerprint density at radius 1 is 1.23 bits per heavy atom. The molecule has 0 bridgehead atoms. The first kappa shape index (κ1) is 22.6. The van der Waals surface area contributed by atoms with Crippen molar-refractivity contribution in [3.8, 4) is 11.4 Å². The molecule has 1 fully saturated rings. The summed E-state index contributed by atoms with van der Waals surface area (Å²) in [5.74, 6) is -0.304. The Kier molecular flexibility index (Phi) is 7.07. The highest BCUT2D eigenvalue weighted by Crippen LogP contribution is 2.30. The van der Waals surface area contributed by atoms with Crippen LogP contribution in [0.2, 0.25) is 5.02 Å². The van der Waals surface area contributed by atoms with Crippen LogP contribution in [-0.2, 0) is 14.8 Å². The minimum atomic E-state index is -3.51. The number of hydrogen-bond donors (Lipinski definition) is 1. The van der Waals surface area contributed by atoms with Gasteiger partial charge in [-0.2, -0.15) is 4.31 Å². The molecule has 0 radical (unpaired) electrons. The maximum Gasteiger partial charge on any atom is 0.255 e. The van der Waals surface area contributed by atoms with Gasteiger partial charge in [0.05, 0.1) is 41.3 Å². The number of amides is 1. The van der Waals surface area contributed by atoms with Gasteiger partial charge in [0.1, 0.15) is 5.75 Å². The zero-order valence-corrected chi connectivity index (χ0v) is 18.7. The number of aromatic nitrogens is 1. The molecule has 1 N–H and O–H groups in total. The molecule has 1 amide bonds. The molecule has 0 saturated carbocycles. The lowest BCUT2D eigenvalue weighted by atomic mass is 10.1. The fraction of sp³-hybridized carbons (Fsp3) is 0.450. The molecule has 0 aliphatic carbocycles. The van der Waals surface area contributed by atoms with Crippen molar-refractivity contribution in [2.45, 2.75) is 26.1 Å². The van der Waals surface area contributed by atoms with Crippen LogP contribution in [0.15, 0.2) is 36.7 Å².